The van der Waals surface area contributed by atoms with Gasteiger partial charge in [0.25, 0.3) is 0 Å². The lowest BCUT2D eigenvalue weighted by molar-refractivity contribution is -0.120. The molecule has 1 aliphatic heterocycles. The number of hydrogen-bond donors (Lipinski definition) is 0. The summed E-state index contributed by atoms with van der Waals surface area (Å²) in [5.41, 5.74) is 1.02. The second-order valence-electron chi connectivity index (χ2n) is 4.26. The normalized spacial score (nSPS) is 19.4. The van der Waals surface area contributed by atoms with Crippen LogP contribution in [0.1, 0.15) is 6.42 Å². The summed E-state index contributed by atoms with van der Waals surface area (Å²) in [6, 6.07) is 8.06. The Hall–Kier alpha value is -0.910. The number of carbonyl (C=O) groups is 1. The third-order valence-electron chi connectivity index (χ3n) is 3.00. The molecule has 2 aromatic rings. The number of rotatable bonds is 4. The molecular formula is C13H13NO2S2. The van der Waals surface area contributed by atoms with Gasteiger partial charge in [0.05, 0.1) is 22.6 Å². The van der Waals surface area contributed by atoms with Crippen molar-refractivity contribution >= 4 is 39.1 Å². The zero-order chi connectivity index (χ0) is 12.4. The predicted octanol–water partition coefficient (Wildman–Crippen LogP) is 2.99. The zero-order valence-corrected chi connectivity index (χ0v) is 11.4. The molecule has 3 nitrogen and oxygen atoms in total. The molecule has 0 amide bonds. The van der Waals surface area contributed by atoms with Crippen LogP contribution in [0.3, 0.4) is 0 Å². The van der Waals surface area contributed by atoms with Crippen molar-refractivity contribution in [2.75, 3.05) is 19.0 Å². The lowest BCUT2D eigenvalue weighted by atomic mass is 10.1. The Labute approximate surface area is 114 Å². The largest absolute Gasteiger partial charge is 0.381 e. The monoisotopic (exact) mass is 279 g/mol. The average molecular weight is 279 g/mol. The van der Waals surface area contributed by atoms with Crippen molar-refractivity contribution in [2.24, 2.45) is 5.92 Å². The van der Waals surface area contributed by atoms with E-state index < -0.39 is 0 Å². The van der Waals surface area contributed by atoms with E-state index in [0.29, 0.717) is 12.4 Å². The number of Topliss-reactive ketones (excluding diaryl/α,β-unsaturated/α-hetero) is 1. The number of benzene rings is 1. The average Bonchev–Trinajstić information content (AvgIpc) is 3.04. The lowest BCUT2D eigenvalue weighted by Gasteiger charge is -2.03. The number of fused-ring (bicyclic) bond motifs is 1. The van der Waals surface area contributed by atoms with Gasteiger partial charge in [-0.25, -0.2) is 4.98 Å². The van der Waals surface area contributed by atoms with Gasteiger partial charge in [-0.3, -0.25) is 4.79 Å². The van der Waals surface area contributed by atoms with Gasteiger partial charge in [0.2, 0.25) is 0 Å². The summed E-state index contributed by atoms with van der Waals surface area (Å²) in [7, 11) is 0. The second-order valence-corrected chi connectivity index (χ2v) is 6.52. The van der Waals surface area contributed by atoms with E-state index in [1.54, 1.807) is 23.1 Å². The maximum absolute atomic E-state index is 11.9. The van der Waals surface area contributed by atoms with Crippen molar-refractivity contribution in [3.8, 4) is 0 Å². The van der Waals surface area contributed by atoms with E-state index >= 15 is 0 Å². The van der Waals surface area contributed by atoms with Gasteiger partial charge in [-0.15, -0.1) is 11.3 Å². The molecule has 1 aromatic carbocycles. The molecule has 1 aliphatic rings. The molecule has 3 rings (SSSR count). The van der Waals surface area contributed by atoms with Gasteiger partial charge in [-0.05, 0) is 18.6 Å². The highest BCUT2D eigenvalue weighted by Gasteiger charge is 2.23. The summed E-state index contributed by atoms with van der Waals surface area (Å²) in [6.07, 6.45) is 0.874. The summed E-state index contributed by atoms with van der Waals surface area (Å²) in [5, 5.41) is 0. The van der Waals surface area contributed by atoms with Gasteiger partial charge in [-0.1, -0.05) is 23.9 Å². The predicted molar refractivity (Wildman–Crippen MR) is 74.3 cm³/mol. The summed E-state index contributed by atoms with van der Waals surface area (Å²) in [6.45, 7) is 1.32. The fraction of sp³-hybridized carbons (Fsp3) is 0.385. The molecule has 1 unspecified atom stereocenters. The van der Waals surface area contributed by atoms with E-state index in [2.05, 4.69) is 11.1 Å². The maximum Gasteiger partial charge on any atom is 0.151 e. The molecular weight excluding hydrogens is 266 g/mol. The van der Waals surface area contributed by atoms with Crippen molar-refractivity contribution in [1.82, 2.24) is 4.98 Å². The van der Waals surface area contributed by atoms with E-state index in [1.165, 1.54) is 4.70 Å². The van der Waals surface area contributed by atoms with E-state index in [1.807, 2.05) is 18.2 Å². The van der Waals surface area contributed by atoms with Gasteiger partial charge in [0.1, 0.15) is 5.78 Å². The van der Waals surface area contributed by atoms with E-state index in [9.17, 15) is 4.79 Å². The second kappa shape index (κ2) is 5.38. The molecule has 18 heavy (non-hydrogen) atoms. The van der Waals surface area contributed by atoms with Crippen LogP contribution >= 0.6 is 23.1 Å². The quantitative estimate of drug-likeness (QED) is 0.807. The summed E-state index contributed by atoms with van der Waals surface area (Å²) >= 11 is 3.19. The molecule has 2 heterocycles. The minimum atomic E-state index is 0.104. The summed E-state index contributed by atoms with van der Waals surface area (Å²) in [5.74, 6) is 0.900. The van der Waals surface area contributed by atoms with Crippen molar-refractivity contribution in [3.63, 3.8) is 0 Å². The number of thiazole rings is 1. The first kappa shape index (κ1) is 12.1. The van der Waals surface area contributed by atoms with E-state index in [4.69, 9.17) is 4.74 Å². The zero-order valence-electron chi connectivity index (χ0n) is 9.80. The van der Waals surface area contributed by atoms with Crippen LogP contribution in [0.5, 0.6) is 0 Å². The Kier molecular flexibility index (Phi) is 3.63. The Morgan fingerprint density at radius 1 is 1.50 bits per heavy atom. The molecule has 0 radical (unpaired) electrons. The number of nitrogens with zero attached hydrogens (tertiary/aromatic N) is 1. The Morgan fingerprint density at radius 2 is 2.39 bits per heavy atom. The third kappa shape index (κ3) is 2.58. The van der Waals surface area contributed by atoms with Crippen molar-refractivity contribution in [3.05, 3.63) is 24.3 Å². The highest BCUT2D eigenvalue weighted by molar-refractivity contribution is 8.01. The number of para-hydroxylation sites is 1. The van der Waals surface area contributed by atoms with Gasteiger partial charge in [-0.2, -0.15) is 0 Å². The fourth-order valence-corrected chi connectivity index (χ4v) is 4.00. The number of aromatic nitrogens is 1. The number of ketones is 1. The van der Waals surface area contributed by atoms with Gasteiger partial charge in [0, 0.05) is 12.5 Å². The van der Waals surface area contributed by atoms with Crippen molar-refractivity contribution < 1.29 is 9.53 Å². The topological polar surface area (TPSA) is 39.2 Å². The molecule has 0 saturated carbocycles. The highest BCUT2D eigenvalue weighted by atomic mass is 32.2. The molecule has 0 spiro atoms. The van der Waals surface area contributed by atoms with Crippen LogP contribution < -0.4 is 0 Å². The standard InChI is InChI=1S/C13H13NO2S2/c15-11(9-5-6-16-7-9)8-17-13-14-10-3-1-2-4-12(10)18-13/h1-4,9H,5-8H2. The number of carbonyl (C=O) groups excluding carboxylic acids is 1. The minimum absolute atomic E-state index is 0.104. The number of thioether (sulfide) groups is 1. The van der Waals surface area contributed by atoms with E-state index in [0.717, 1.165) is 22.9 Å². The lowest BCUT2D eigenvalue weighted by Crippen LogP contribution is -2.16. The van der Waals surface area contributed by atoms with E-state index in [-0.39, 0.29) is 11.7 Å². The molecule has 1 atom stereocenters. The van der Waals surface area contributed by atoms with Crippen LogP contribution in [0.4, 0.5) is 0 Å². The van der Waals surface area contributed by atoms with Crippen LogP contribution in [-0.2, 0) is 9.53 Å². The first-order valence-electron chi connectivity index (χ1n) is 5.92. The molecule has 1 aromatic heterocycles. The van der Waals surface area contributed by atoms with Crippen LogP contribution in [0, 0.1) is 5.92 Å². The molecule has 0 N–H and O–H groups in total. The van der Waals surface area contributed by atoms with Crippen LogP contribution in [0.25, 0.3) is 10.2 Å². The summed E-state index contributed by atoms with van der Waals surface area (Å²) in [4.78, 5) is 16.4. The molecule has 0 bridgehead atoms. The first-order valence-corrected chi connectivity index (χ1v) is 7.72. The van der Waals surface area contributed by atoms with Crippen LogP contribution in [-0.4, -0.2) is 29.7 Å². The number of hydrogen-bond acceptors (Lipinski definition) is 5. The maximum atomic E-state index is 11.9. The Morgan fingerprint density at radius 3 is 3.17 bits per heavy atom. The fourth-order valence-electron chi connectivity index (χ4n) is 1.95. The van der Waals surface area contributed by atoms with Gasteiger partial charge < -0.3 is 4.74 Å². The molecule has 5 heteroatoms. The van der Waals surface area contributed by atoms with Crippen LogP contribution in [0.2, 0.25) is 0 Å². The van der Waals surface area contributed by atoms with Crippen molar-refractivity contribution in [1.29, 1.82) is 0 Å². The SMILES string of the molecule is O=C(CSc1nc2ccccc2s1)C1CCOC1. The smallest absolute Gasteiger partial charge is 0.151 e. The minimum Gasteiger partial charge on any atom is -0.381 e. The Bertz CT molecular complexity index is 528. The van der Waals surface area contributed by atoms with Gasteiger partial charge in [0.15, 0.2) is 4.34 Å². The molecule has 1 fully saturated rings. The molecule has 0 aliphatic carbocycles. The molecule has 94 valence electrons. The van der Waals surface area contributed by atoms with Gasteiger partial charge >= 0.3 is 0 Å². The third-order valence-corrected chi connectivity index (χ3v) is 5.20. The number of ether oxygens (including phenoxy) is 1. The molecule has 1 saturated heterocycles. The summed E-state index contributed by atoms with van der Waals surface area (Å²) < 4.78 is 7.39. The van der Waals surface area contributed by atoms with Crippen LogP contribution in [0.15, 0.2) is 28.6 Å². The highest BCUT2D eigenvalue weighted by Crippen LogP contribution is 2.30. The Balaban J connectivity index is 1.63. The first-order chi connectivity index (χ1) is 8.83. The van der Waals surface area contributed by atoms with Crippen molar-refractivity contribution in [2.45, 2.75) is 10.8 Å².